The number of hydrogen-bond acceptors (Lipinski definition) is 5. The van der Waals surface area contributed by atoms with E-state index < -0.39 is 0 Å². The van der Waals surface area contributed by atoms with Gasteiger partial charge in [0.05, 0.1) is 18.4 Å². The molecule has 1 aliphatic rings. The van der Waals surface area contributed by atoms with Crippen LogP contribution in [0.2, 0.25) is 0 Å². The number of Topliss-reactive ketones (excluding diaryl/α,β-unsaturated/α-hetero) is 1. The van der Waals surface area contributed by atoms with E-state index in [1.807, 2.05) is 11.8 Å². The molecule has 1 rings (SSSR count). The molecular formula is C19H31NO3S. The van der Waals surface area contributed by atoms with Gasteiger partial charge in [-0.05, 0) is 24.5 Å². The Hall–Kier alpha value is -1.23. The number of rotatable bonds is 11. The van der Waals surface area contributed by atoms with Gasteiger partial charge in [0.15, 0.2) is 5.78 Å². The molecule has 0 amide bonds. The summed E-state index contributed by atoms with van der Waals surface area (Å²) < 4.78 is 5.58. The molecule has 0 aromatic rings. The van der Waals surface area contributed by atoms with Gasteiger partial charge in [0.25, 0.3) is 0 Å². The molecule has 0 fully saturated rings. The van der Waals surface area contributed by atoms with Gasteiger partial charge in [-0.3, -0.25) is 4.79 Å². The van der Waals surface area contributed by atoms with Crippen LogP contribution in [0, 0.1) is 5.92 Å². The Labute approximate surface area is 150 Å². The first kappa shape index (κ1) is 20.8. The number of ketones is 1. The molecule has 5 heteroatoms. The first-order chi connectivity index (χ1) is 11.6. The van der Waals surface area contributed by atoms with Gasteiger partial charge in [0.1, 0.15) is 12.4 Å². The molecule has 2 atom stereocenters. The number of oxime groups is 1. The van der Waals surface area contributed by atoms with Gasteiger partial charge in [-0.25, -0.2) is 0 Å². The molecule has 0 aromatic carbocycles. The lowest BCUT2D eigenvalue weighted by Crippen LogP contribution is -2.26. The van der Waals surface area contributed by atoms with Crippen LogP contribution < -0.4 is 0 Å². The third-order valence-electron chi connectivity index (χ3n) is 4.01. The maximum Gasteiger partial charge on any atom is 0.168 e. The molecule has 0 saturated carbocycles. The van der Waals surface area contributed by atoms with Crippen LogP contribution in [0.5, 0.6) is 0 Å². The predicted molar refractivity (Wildman–Crippen MR) is 102 cm³/mol. The Kier molecular flexibility index (Phi) is 9.84. The zero-order valence-electron chi connectivity index (χ0n) is 15.5. The van der Waals surface area contributed by atoms with Crippen molar-refractivity contribution in [3.8, 4) is 0 Å². The van der Waals surface area contributed by atoms with Crippen LogP contribution >= 0.6 is 11.8 Å². The summed E-state index contributed by atoms with van der Waals surface area (Å²) in [5.74, 6) is 2.35. The second-order valence-corrected chi connectivity index (χ2v) is 7.79. The van der Waals surface area contributed by atoms with Crippen LogP contribution in [0.3, 0.4) is 0 Å². The van der Waals surface area contributed by atoms with Crippen LogP contribution in [0.1, 0.15) is 52.9 Å². The Bertz CT molecular complexity index is 485. The maximum absolute atomic E-state index is 12.8. The number of thioether (sulfide) groups is 1. The number of methoxy groups -OCH3 is 1. The monoisotopic (exact) mass is 353 g/mol. The average molecular weight is 354 g/mol. The molecule has 0 spiro atoms. The molecule has 0 aliphatic heterocycles. The SMILES string of the molecule is C=CCON=C(CCC)C1=C(OC)CC(CC(C)SCC)CC1=O. The Balaban J connectivity index is 2.97. The number of carbonyl (C=O) groups excluding carboxylic acids is 1. The summed E-state index contributed by atoms with van der Waals surface area (Å²) in [5.41, 5.74) is 1.34. The molecule has 0 bridgehead atoms. The van der Waals surface area contributed by atoms with Crippen molar-refractivity contribution < 1.29 is 14.4 Å². The van der Waals surface area contributed by atoms with E-state index in [1.54, 1.807) is 13.2 Å². The molecule has 2 unspecified atom stereocenters. The Morgan fingerprint density at radius 3 is 2.79 bits per heavy atom. The average Bonchev–Trinajstić information content (AvgIpc) is 2.54. The zero-order chi connectivity index (χ0) is 17.9. The van der Waals surface area contributed by atoms with Gasteiger partial charge in [0.2, 0.25) is 0 Å². The molecule has 0 radical (unpaired) electrons. The predicted octanol–water partition coefficient (Wildman–Crippen LogP) is 4.76. The molecule has 0 aromatic heterocycles. The summed E-state index contributed by atoms with van der Waals surface area (Å²) in [6, 6.07) is 0. The van der Waals surface area contributed by atoms with Crippen LogP contribution in [0.15, 0.2) is 29.1 Å². The Morgan fingerprint density at radius 2 is 2.21 bits per heavy atom. The van der Waals surface area contributed by atoms with E-state index in [2.05, 4.69) is 32.5 Å². The summed E-state index contributed by atoms with van der Waals surface area (Å²) >= 11 is 1.94. The topological polar surface area (TPSA) is 47.9 Å². The van der Waals surface area contributed by atoms with Crippen molar-refractivity contribution in [2.45, 2.75) is 58.1 Å². The number of carbonyl (C=O) groups is 1. The second-order valence-electron chi connectivity index (χ2n) is 6.07. The standard InChI is InChI=1S/C19H31NO3S/c1-6-9-16(20-23-10-7-2)19-17(21)12-15(13-18(19)22-5)11-14(4)24-8-3/h7,14-15H,2,6,8-13H2,1,3-5H3. The fourth-order valence-corrected chi connectivity index (χ4v) is 4.05. The summed E-state index contributed by atoms with van der Waals surface area (Å²) in [6.45, 7) is 10.4. The van der Waals surface area contributed by atoms with Crippen molar-refractivity contribution in [1.82, 2.24) is 0 Å². The van der Waals surface area contributed by atoms with Crippen LogP contribution in [0.25, 0.3) is 0 Å². The lowest BCUT2D eigenvalue weighted by atomic mass is 9.82. The normalized spacial score (nSPS) is 20.1. The van der Waals surface area contributed by atoms with Crippen molar-refractivity contribution in [2.24, 2.45) is 11.1 Å². The van der Waals surface area contributed by atoms with E-state index in [4.69, 9.17) is 9.57 Å². The van der Waals surface area contributed by atoms with Crippen molar-refractivity contribution >= 4 is 23.3 Å². The van der Waals surface area contributed by atoms with E-state index in [9.17, 15) is 4.79 Å². The fourth-order valence-electron chi connectivity index (χ4n) is 3.07. The molecular weight excluding hydrogens is 322 g/mol. The van der Waals surface area contributed by atoms with Gasteiger partial charge in [-0.15, -0.1) is 0 Å². The maximum atomic E-state index is 12.8. The number of ether oxygens (including phenoxy) is 1. The van der Waals surface area contributed by atoms with Crippen molar-refractivity contribution in [3.63, 3.8) is 0 Å². The first-order valence-electron chi connectivity index (χ1n) is 8.79. The minimum Gasteiger partial charge on any atom is -0.500 e. The molecule has 4 nitrogen and oxygen atoms in total. The number of nitrogens with zero attached hydrogens (tertiary/aromatic N) is 1. The quantitative estimate of drug-likeness (QED) is 0.233. The molecule has 0 heterocycles. The van der Waals surface area contributed by atoms with Gasteiger partial charge in [-0.2, -0.15) is 11.8 Å². The van der Waals surface area contributed by atoms with E-state index >= 15 is 0 Å². The van der Waals surface area contributed by atoms with Crippen molar-refractivity contribution in [2.75, 3.05) is 19.5 Å². The van der Waals surface area contributed by atoms with Crippen molar-refractivity contribution in [3.05, 3.63) is 24.0 Å². The van der Waals surface area contributed by atoms with Crippen LogP contribution in [-0.2, 0) is 14.4 Å². The summed E-state index contributed by atoms with van der Waals surface area (Å²) in [4.78, 5) is 18.0. The largest absolute Gasteiger partial charge is 0.500 e. The van der Waals surface area contributed by atoms with Crippen LogP contribution in [-0.4, -0.2) is 36.2 Å². The van der Waals surface area contributed by atoms with Crippen molar-refractivity contribution in [1.29, 1.82) is 0 Å². The first-order valence-corrected chi connectivity index (χ1v) is 9.84. The molecule has 0 N–H and O–H groups in total. The number of allylic oxidation sites excluding steroid dienone is 2. The third-order valence-corrected chi connectivity index (χ3v) is 5.11. The van der Waals surface area contributed by atoms with E-state index in [0.717, 1.165) is 30.8 Å². The summed E-state index contributed by atoms with van der Waals surface area (Å²) in [6.07, 6.45) is 5.66. The van der Waals surface area contributed by atoms with Gasteiger partial charge < -0.3 is 9.57 Å². The second kappa shape index (κ2) is 11.3. The van der Waals surface area contributed by atoms with Crippen LogP contribution in [0.4, 0.5) is 0 Å². The smallest absolute Gasteiger partial charge is 0.168 e. The molecule has 24 heavy (non-hydrogen) atoms. The van der Waals surface area contributed by atoms with Gasteiger partial charge in [-0.1, -0.05) is 45.0 Å². The summed E-state index contributed by atoms with van der Waals surface area (Å²) in [7, 11) is 1.64. The molecule has 1 aliphatic carbocycles. The highest BCUT2D eigenvalue weighted by atomic mass is 32.2. The van der Waals surface area contributed by atoms with E-state index in [-0.39, 0.29) is 5.78 Å². The lowest BCUT2D eigenvalue weighted by molar-refractivity contribution is -0.116. The van der Waals surface area contributed by atoms with Gasteiger partial charge >= 0.3 is 0 Å². The van der Waals surface area contributed by atoms with E-state index in [1.165, 1.54) is 0 Å². The fraction of sp³-hybridized carbons (Fsp3) is 0.684. The highest BCUT2D eigenvalue weighted by Crippen LogP contribution is 2.34. The number of hydrogen-bond donors (Lipinski definition) is 0. The van der Waals surface area contributed by atoms with E-state index in [0.29, 0.717) is 41.9 Å². The molecule has 136 valence electrons. The Morgan fingerprint density at radius 1 is 1.46 bits per heavy atom. The minimum atomic E-state index is 0.131. The van der Waals surface area contributed by atoms with Gasteiger partial charge in [0, 0.05) is 18.1 Å². The summed E-state index contributed by atoms with van der Waals surface area (Å²) in [5, 5.41) is 4.74. The minimum absolute atomic E-state index is 0.131. The third kappa shape index (κ3) is 6.34. The zero-order valence-corrected chi connectivity index (χ0v) is 16.3. The highest BCUT2D eigenvalue weighted by Gasteiger charge is 2.32. The molecule has 0 saturated heterocycles. The highest BCUT2D eigenvalue weighted by molar-refractivity contribution is 7.99. The lowest BCUT2D eigenvalue weighted by Gasteiger charge is -2.27.